The van der Waals surface area contributed by atoms with Gasteiger partial charge in [-0.25, -0.2) is 4.98 Å². The number of nitrogens with zero attached hydrogens (tertiary/aromatic N) is 4. The summed E-state index contributed by atoms with van der Waals surface area (Å²) in [5.74, 6) is 0.625. The van der Waals surface area contributed by atoms with Crippen LogP contribution in [0.1, 0.15) is 24.0 Å². The molecule has 33 heavy (non-hydrogen) atoms. The molecule has 4 heterocycles. The van der Waals surface area contributed by atoms with Crippen molar-refractivity contribution < 1.29 is 17.9 Å². The van der Waals surface area contributed by atoms with Crippen LogP contribution in [0.4, 0.5) is 24.8 Å². The zero-order valence-corrected chi connectivity index (χ0v) is 18.8. The average molecular weight is 479 g/mol. The molecule has 0 spiro atoms. The van der Waals surface area contributed by atoms with E-state index in [-0.39, 0.29) is 33.7 Å². The Morgan fingerprint density at radius 1 is 1.12 bits per heavy atom. The zero-order chi connectivity index (χ0) is 23.5. The molecule has 7 nitrogen and oxygen atoms in total. The topological polar surface area (TPSA) is 89.2 Å². The first-order chi connectivity index (χ1) is 15.6. The van der Waals surface area contributed by atoms with Gasteiger partial charge in [-0.1, -0.05) is 11.6 Å². The van der Waals surface area contributed by atoms with Crippen LogP contribution in [0.25, 0.3) is 22.2 Å². The van der Waals surface area contributed by atoms with Crippen LogP contribution in [-0.4, -0.2) is 47.2 Å². The number of hydrogen-bond donors (Lipinski definition) is 2. The highest BCUT2D eigenvalue weighted by molar-refractivity contribution is 6.34. The summed E-state index contributed by atoms with van der Waals surface area (Å²) in [6.07, 6.45) is -2.45. The SMILES string of the molecule is COc1nc(N2CC3CCC(C2)N3)c2cc(Cl)c(-c3nc(N)cc(C)c3C(F)(F)F)cc2n1. The van der Waals surface area contributed by atoms with Crippen LogP contribution in [0.15, 0.2) is 18.2 Å². The van der Waals surface area contributed by atoms with Crippen molar-refractivity contribution in [2.45, 2.75) is 38.0 Å². The summed E-state index contributed by atoms with van der Waals surface area (Å²) < 4.78 is 47.0. The third-order valence-electron chi connectivity index (χ3n) is 6.22. The van der Waals surface area contributed by atoms with Crippen molar-refractivity contribution >= 4 is 34.1 Å². The third-order valence-corrected chi connectivity index (χ3v) is 6.53. The minimum absolute atomic E-state index is 0.0242. The third kappa shape index (κ3) is 3.91. The van der Waals surface area contributed by atoms with Crippen LogP contribution in [0.5, 0.6) is 6.01 Å². The van der Waals surface area contributed by atoms with E-state index in [1.165, 1.54) is 26.2 Å². The number of piperazine rings is 1. The number of methoxy groups -OCH3 is 1. The van der Waals surface area contributed by atoms with E-state index in [1.54, 1.807) is 6.07 Å². The van der Waals surface area contributed by atoms with Gasteiger partial charge in [-0.2, -0.15) is 23.1 Å². The molecule has 2 fully saturated rings. The maximum absolute atomic E-state index is 13.9. The van der Waals surface area contributed by atoms with E-state index in [0.29, 0.717) is 28.8 Å². The van der Waals surface area contributed by atoms with Crippen LogP contribution in [0.3, 0.4) is 0 Å². The van der Waals surface area contributed by atoms with Crippen molar-refractivity contribution in [3.05, 3.63) is 34.3 Å². The number of anilines is 2. The molecule has 3 aromatic rings. The summed E-state index contributed by atoms with van der Waals surface area (Å²) >= 11 is 6.55. The Labute approximate surface area is 193 Å². The lowest BCUT2D eigenvalue weighted by molar-refractivity contribution is -0.137. The van der Waals surface area contributed by atoms with Crippen molar-refractivity contribution in [2.75, 3.05) is 30.8 Å². The summed E-state index contributed by atoms with van der Waals surface area (Å²) in [4.78, 5) is 15.1. The van der Waals surface area contributed by atoms with E-state index >= 15 is 0 Å². The summed E-state index contributed by atoms with van der Waals surface area (Å²) in [6.45, 7) is 2.87. The number of nitrogens with two attached hydrogens (primary N) is 1. The van der Waals surface area contributed by atoms with Gasteiger partial charge >= 0.3 is 12.2 Å². The lowest BCUT2D eigenvalue weighted by Gasteiger charge is -2.34. The summed E-state index contributed by atoms with van der Waals surface area (Å²) in [5, 5.41) is 4.32. The Morgan fingerprint density at radius 2 is 1.82 bits per heavy atom. The summed E-state index contributed by atoms with van der Waals surface area (Å²) in [5.41, 5.74) is 5.07. The molecule has 2 atom stereocenters. The number of rotatable bonds is 3. The van der Waals surface area contributed by atoms with Crippen molar-refractivity contribution in [1.82, 2.24) is 20.3 Å². The molecule has 3 N–H and O–H groups in total. The largest absolute Gasteiger partial charge is 0.467 e. The second-order valence-corrected chi connectivity index (χ2v) is 8.92. The van der Waals surface area contributed by atoms with Gasteiger partial charge in [-0.3, -0.25) is 0 Å². The minimum Gasteiger partial charge on any atom is -0.467 e. The Bertz CT molecular complexity index is 1240. The van der Waals surface area contributed by atoms with Crippen molar-refractivity contribution in [2.24, 2.45) is 0 Å². The first-order valence-corrected chi connectivity index (χ1v) is 10.9. The molecule has 1 aromatic carbocycles. The van der Waals surface area contributed by atoms with E-state index < -0.39 is 11.7 Å². The molecule has 0 aliphatic carbocycles. The number of nitrogens with one attached hydrogen (secondary N) is 1. The predicted octanol–water partition coefficient (Wildman–Crippen LogP) is 4.20. The number of ether oxygens (including phenoxy) is 1. The number of fused-ring (bicyclic) bond motifs is 3. The zero-order valence-electron chi connectivity index (χ0n) is 18.0. The van der Waals surface area contributed by atoms with Crippen molar-refractivity contribution in [3.63, 3.8) is 0 Å². The molecule has 2 bridgehead atoms. The number of aromatic nitrogens is 3. The molecule has 174 valence electrons. The monoisotopic (exact) mass is 478 g/mol. The van der Waals surface area contributed by atoms with Crippen LogP contribution < -0.4 is 20.7 Å². The van der Waals surface area contributed by atoms with Gasteiger partial charge in [-0.05, 0) is 43.5 Å². The van der Waals surface area contributed by atoms with Gasteiger partial charge in [0.15, 0.2) is 0 Å². The molecule has 5 rings (SSSR count). The summed E-state index contributed by atoms with van der Waals surface area (Å²) in [6, 6.07) is 5.16. The smallest absolute Gasteiger partial charge is 0.418 e. The number of alkyl halides is 3. The molecule has 2 unspecified atom stereocenters. The molecule has 11 heteroatoms. The quantitative estimate of drug-likeness (QED) is 0.583. The predicted molar refractivity (Wildman–Crippen MR) is 121 cm³/mol. The normalized spacial score (nSPS) is 20.5. The molecule has 2 aromatic heterocycles. The standard InChI is InChI=1S/C22H22ClF3N6O/c1-10-5-17(27)30-19(18(10)22(24,25)26)13-7-16-14(6-15(13)23)20(31-21(29-16)33-2)32-8-11-3-4-12(9-32)28-11/h5-7,11-12,28H,3-4,8-9H2,1-2H3,(H2,27,30). The van der Waals surface area contributed by atoms with Gasteiger partial charge in [0.25, 0.3) is 0 Å². The molecular formula is C22H22ClF3N6O. The molecule has 0 radical (unpaired) electrons. The van der Waals surface area contributed by atoms with Gasteiger partial charge in [0.1, 0.15) is 11.6 Å². The lowest BCUT2D eigenvalue weighted by atomic mass is 9.99. The highest BCUT2D eigenvalue weighted by atomic mass is 35.5. The molecule has 2 saturated heterocycles. The van der Waals surface area contributed by atoms with Gasteiger partial charge in [-0.15, -0.1) is 0 Å². The maximum atomic E-state index is 13.9. The number of pyridine rings is 1. The first-order valence-electron chi connectivity index (χ1n) is 10.5. The summed E-state index contributed by atoms with van der Waals surface area (Å²) in [7, 11) is 1.45. The van der Waals surface area contributed by atoms with Crippen molar-refractivity contribution in [3.8, 4) is 17.3 Å². The Morgan fingerprint density at radius 3 is 2.45 bits per heavy atom. The van der Waals surface area contributed by atoms with Crippen LogP contribution in [0, 0.1) is 6.92 Å². The number of hydrogen-bond acceptors (Lipinski definition) is 7. The lowest BCUT2D eigenvalue weighted by Crippen LogP contribution is -2.51. The second-order valence-electron chi connectivity index (χ2n) is 8.51. The Kier molecular flexibility index (Phi) is 5.24. The van der Waals surface area contributed by atoms with Gasteiger partial charge in [0.2, 0.25) is 0 Å². The van der Waals surface area contributed by atoms with Crippen molar-refractivity contribution in [1.29, 1.82) is 0 Å². The molecule has 2 aliphatic rings. The fourth-order valence-electron chi connectivity index (χ4n) is 4.85. The number of aryl methyl sites for hydroxylation is 1. The second kappa shape index (κ2) is 7.88. The minimum atomic E-state index is -4.63. The van der Waals surface area contributed by atoms with E-state index in [9.17, 15) is 13.2 Å². The van der Waals surface area contributed by atoms with Gasteiger partial charge < -0.3 is 20.7 Å². The van der Waals surface area contributed by atoms with Gasteiger partial charge in [0.05, 0.1) is 28.9 Å². The number of halogens is 4. The molecular weight excluding hydrogens is 457 g/mol. The average Bonchev–Trinajstić information content (AvgIpc) is 3.08. The van der Waals surface area contributed by atoms with Crippen LogP contribution in [0.2, 0.25) is 5.02 Å². The molecule has 0 saturated carbocycles. The highest BCUT2D eigenvalue weighted by Gasteiger charge is 2.38. The fraction of sp³-hybridized carbons (Fsp3) is 0.409. The fourth-order valence-corrected chi connectivity index (χ4v) is 5.10. The van der Waals surface area contributed by atoms with E-state index in [2.05, 4.69) is 25.2 Å². The van der Waals surface area contributed by atoms with E-state index in [4.69, 9.17) is 22.1 Å². The highest BCUT2D eigenvalue weighted by Crippen LogP contribution is 2.43. The first kappa shape index (κ1) is 22.0. The van der Waals surface area contributed by atoms with Crippen LogP contribution in [-0.2, 0) is 6.18 Å². The Hall–Kier alpha value is -2.85. The Balaban J connectivity index is 1.71. The van der Waals surface area contributed by atoms with Gasteiger partial charge in [0, 0.05) is 36.1 Å². The van der Waals surface area contributed by atoms with Crippen LogP contribution >= 0.6 is 11.6 Å². The maximum Gasteiger partial charge on any atom is 0.418 e. The molecule has 0 amide bonds. The van der Waals surface area contributed by atoms with E-state index in [1.807, 2.05) is 0 Å². The molecule has 2 aliphatic heterocycles. The number of benzene rings is 1. The number of nitrogen functional groups attached to an aromatic ring is 1. The van der Waals surface area contributed by atoms with E-state index in [0.717, 1.165) is 25.9 Å².